The van der Waals surface area contributed by atoms with E-state index in [4.69, 9.17) is 15.7 Å². The number of nitrogens with one attached hydrogen (secondary N) is 1. The highest BCUT2D eigenvalue weighted by Crippen LogP contribution is 2.25. The number of carbonyl (C=O) groups excluding carboxylic acids is 1. The van der Waals surface area contributed by atoms with Crippen LogP contribution in [0.15, 0.2) is 29.4 Å². The molecule has 6 nitrogen and oxygen atoms in total. The van der Waals surface area contributed by atoms with Gasteiger partial charge in [0.2, 0.25) is 5.91 Å². The minimum Gasteiger partial charge on any atom is -0.409 e. The van der Waals surface area contributed by atoms with Crippen LogP contribution in [0, 0.1) is 5.92 Å². The summed E-state index contributed by atoms with van der Waals surface area (Å²) in [5, 5.41) is 14.4. The van der Waals surface area contributed by atoms with Crippen molar-refractivity contribution in [1.29, 1.82) is 0 Å². The monoisotopic (exact) mass is 277 g/mol. The lowest BCUT2D eigenvalue weighted by Crippen LogP contribution is -2.29. The van der Waals surface area contributed by atoms with Crippen LogP contribution in [0.5, 0.6) is 0 Å². The first-order valence-corrected chi connectivity index (χ1v) is 6.66. The summed E-state index contributed by atoms with van der Waals surface area (Å²) in [4.78, 5) is 12.2. The lowest BCUT2D eigenvalue weighted by atomic mass is 9.98. The normalized spacial score (nSPS) is 22.8. The Labute approximate surface area is 117 Å². The first kappa shape index (κ1) is 14.3. The standard InChI is InChI=1S/C14H19N3O3/c1-2-12-11(7-8-20-12)14(18)16-10-5-3-9(4-6-10)13(15)17-19/h3-6,11-12,19H,2,7-8H2,1H3,(H2,15,17)(H,16,18). The second-order valence-corrected chi connectivity index (χ2v) is 4.76. The van der Waals surface area contributed by atoms with Crippen molar-refractivity contribution in [3.05, 3.63) is 29.8 Å². The molecule has 4 N–H and O–H groups in total. The number of nitrogens with two attached hydrogens (primary N) is 1. The summed E-state index contributed by atoms with van der Waals surface area (Å²) < 4.78 is 5.52. The van der Waals surface area contributed by atoms with Crippen molar-refractivity contribution in [2.45, 2.75) is 25.9 Å². The van der Waals surface area contributed by atoms with E-state index in [1.165, 1.54) is 0 Å². The molecule has 0 aliphatic carbocycles. The topological polar surface area (TPSA) is 96.9 Å². The zero-order valence-electron chi connectivity index (χ0n) is 11.4. The Balaban J connectivity index is 2.01. The molecule has 0 aromatic heterocycles. The summed E-state index contributed by atoms with van der Waals surface area (Å²) >= 11 is 0. The fourth-order valence-corrected chi connectivity index (χ4v) is 2.37. The molecule has 2 unspecified atom stereocenters. The van der Waals surface area contributed by atoms with E-state index >= 15 is 0 Å². The third-order valence-electron chi connectivity index (χ3n) is 3.50. The number of hydrogen-bond donors (Lipinski definition) is 3. The number of amidine groups is 1. The number of hydrogen-bond acceptors (Lipinski definition) is 4. The molecule has 1 aromatic rings. The third-order valence-corrected chi connectivity index (χ3v) is 3.50. The molecule has 0 spiro atoms. The Morgan fingerprint density at radius 1 is 1.50 bits per heavy atom. The van der Waals surface area contributed by atoms with Crippen LogP contribution in [0.4, 0.5) is 5.69 Å². The zero-order valence-corrected chi connectivity index (χ0v) is 11.4. The molecule has 1 amide bonds. The number of carbonyl (C=O) groups is 1. The average Bonchev–Trinajstić information content (AvgIpc) is 2.95. The summed E-state index contributed by atoms with van der Waals surface area (Å²) in [5.41, 5.74) is 6.76. The summed E-state index contributed by atoms with van der Waals surface area (Å²) in [6, 6.07) is 6.82. The molecular formula is C14H19N3O3. The average molecular weight is 277 g/mol. The summed E-state index contributed by atoms with van der Waals surface area (Å²) in [6.07, 6.45) is 1.60. The Morgan fingerprint density at radius 2 is 2.20 bits per heavy atom. The van der Waals surface area contributed by atoms with E-state index in [2.05, 4.69) is 10.5 Å². The Kier molecular flexibility index (Phi) is 4.57. The molecule has 20 heavy (non-hydrogen) atoms. The van der Waals surface area contributed by atoms with Gasteiger partial charge in [-0.05, 0) is 37.1 Å². The number of anilines is 1. The van der Waals surface area contributed by atoms with Crippen LogP contribution >= 0.6 is 0 Å². The van der Waals surface area contributed by atoms with E-state index in [1.807, 2.05) is 6.92 Å². The largest absolute Gasteiger partial charge is 0.409 e. The molecule has 2 atom stereocenters. The van der Waals surface area contributed by atoms with Crippen LogP contribution in [0.25, 0.3) is 0 Å². The van der Waals surface area contributed by atoms with Crippen molar-refractivity contribution < 1.29 is 14.7 Å². The summed E-state index contributed by atoms with van der Waals surface area (Å²) in [6.45, 7) is 2.65. The molecule has 1 aromatic carbocycles. The lowest BCUT2D eigenvalue weighted by molar-refractivity contribution is -0.121. The van der Waals surface area contributed by atoms with Gasteiger partial charge in [-0.2, -0.15) is 0 Å². The fourth-order valence-electron chi connectivity index (χ4n) is 2.37. The maximum Gasteiger partial charge on any atom is 0.230 e. The van der Waals surface area contributed by atoms with Crippen molar-refractivity contribution in [3.8, 4) is 0 Å². The maximum atomic E-state index is 12.2. The minimum absolute atomic E-state index is 0.00596. The molecule has 2 rings (SSSR count). The van der Waals surface area contributed by atoms with Crippen LogP contribution in [0.2, 0.25) is 0 Å². The van der Waals surface area contributed by atoms with E-state index in [-0.39, 0.29) is 23.8 Å². The molecule has 0 bridgehead atoms. The maximum absolute atomic E-state index is 12.2. The van der Waals surface area contributed by atoms with Gasteiger partial charge in [0.1, 0.15) is 0 Å². The number of ether oxygens (including phenoxy) is 1. The predicted octanol–water partition coefficient (Wildman–Crippen LogP) is 1.53. The van der Waals surface area contributed by atoms with Gasteiger partial charge in [-0.25, -0.2) is 0 Å². The molecule has 6 heteroatoms. The molecule has 0 saturated carbocycles. The first-order chi connectivity index (χ1) is 9.65. The van der Waals surface area contributed by atoms with Gasteiger partial charge in [-0.15, -0.1) is 0 Å². The van der Waals surface area contributed by atoms with Crippen LogP contribution in [-0.2, 0) is 9.53 Å². The van der Waals surface area contributed by atoms with Gasteiger partial charge < -0.3 is 21.0 Å². The molecule has 1 saturated heterocycles. The third kappa shape index (κ3) is 3.08. The molecule has 1 aliphatic rings. The molecule has 0 radical (unpaired) electrons. The highest BCUT2D eigenvalue weighted by atomic mass is 16.5. The lowest BCUT2D eigenvalue weighted by Gasteiger charge is -2.16. The van der Waals surface area contributed by atoms with Gasteiger partial charge in [-0.3, -0.25) is 4.79 Å². The molecule has 1 aliphatic heterocycles. The van der Waals surface area contributed by atoms with Crippen molar-refractivity contribution in [2.75, 3.05) is 11.9 Å². The van der Waals surface area contributed by atoms with Crippen molar-refractivity contribution in [2.24, 2.45) is 16.8 Å². The van der Waals surface area contributed by atoms with Crippen LogP contribution in [-0.4, -0.2) is 29.7 Å². The Bertz CT molecular complexity index is 499. The second kappa shape index (κ2) is 6.38. The Morgan fingerprint density at radius 3 is 2.80 bits per heavy atom. The van der Waals surface area contributed by atoms with E-state index in [0.717, 1.165) is 12.8 Å². The number of amides is 1. The summed E-state index contributed by atoms with van der Waals surface area (Å²) in [7, 11) is 0. The molecule has 1 heterocycles. The number of rotatable bonds is 4. The van der Waals surface area contributed by atoms with Crippen LogP contribution in [0.1, 0.15) is 25.3 Å². The van der Waals surface area contributed by atoms with E-state index in [0.29, 0.717) is 17.9 Å². The van der Waals surface area contributed by atoms with Crippen molar-refractivity contribution in [3.63, 3.8) is 0 Å². The molecule has 108 valence electrons. The zero-order chi connectivity index (χ0) is 14.5. The van der Waals surface area contributed by atoms with Gasteiger partial charge in [-0.1, -0.05) is 12.1 Å². The highest BCUT2D eigenvalue weighted by Gasteiger charge is 2.32. The fraction of sp³-hybridized carbons (Fsp3) is 0.429. The number of benzene rings is 1. The van der Waals surface area contributed by atoms with E-state index in [1.54, 1.807) is 24.3 Å². The number of nitrogens with zero attached hydrogens (tertiary/aromatic N) is 1. The SMILES string of the molecule is CCC1OCCC1C(=O)Nc1ccc(/C(N)=N/O)cc1. The van der Waals surface area contributed by atoms with Crippen molar-refractivity contribution in [1.82, 2.24) is 0 Å². The quantitative estimate of drug-likeness (QED) is 0.336. The van der Waals surface area contributed by atoms with Gasteiger partial charge in [0.15, 0.2) is 5.84 Å². The van der Waals surface area contributed by atoms with Crippen LogP contribution in [0.3, 0.4) is 0 Å². The second-order valence-electron chi connectivity index (χ2n) is 4.76. The van der Waals surface area contributed by atoms with E-state index < -0.39 is 0 Å². The van der Waals surface area contributed by atoms with Crippen LogP contribution < -0.4 is 11.1 Å². The van der Waals surface area contributed by atoms with E-state index in [9.17, 15) is 4.79 Å². The van der Waals surface area contributed by atoms with Gasteiger partial charge in [0.25, 0.3) is 0 Å². The predicted molar refractivity (Wildman–Crippen MR) is 75.7 cm³/mol. The van der Waals surface area contributed by atoms with Gasteiger partial charge in [0.05, 0.1) is 12.0 Å². The molecule has 1 fully saturated rings. The minimum atomic E-state index is -0.0937. The first-order valence-electron chi connectivity index (χ1n) is 6.66. The molecular weight excluding hydrogens is 258 g/mol. The van der Waals surface area contributed by atoms with Crippen molar-refractivity contribution >= 4 is 17.4 Å². The van der Waals surface area contributed by atoms with Gasteiger partial charge in [0, 0.05) is 17.9 Å². The van der Waals surface area contributed by atoms with Gasteiger partial charge >= 0.3 is 0 Å². The number of oxime groups is 1. The Hall–Kier alpha value is -2.08. The highest BCUT2D eigenvalue weighted by molar-refractivity contribution is 5.98. The smallest absolute Gasteiger partial charge is 0.230 e. The summed E-state index contributed by atoms with van der Waals surface area (Å²) in [5.74, 6) is -0.0761.